The average Bonchev–Trinajstić information content (AvgIpc) is 2.82. The predicted molar refractivity (Wildman–Crippen MR) is 64.6 cm³/mol. The summed E-state index contributed by atoms with van der Waals surface area (Å²) >= 11 is 0. The maximum Gasteiger partial charge on any atom is 0.305 e. The Labute approximate surface area is 104 Å². The molecule has 1 fully saturated rings. The summed E-state index contributed by atoms with van der Waals surface area (Å²) in [6.45, 7) is 3.54. The van der Waals surface area contributed by atoms with Crippen LogP contribution >= 0.6 is 0 Å². The molecule has 0 unspecified atom stereocenters. The van der Waals surface area contributed by atoms with Crippen molar-refractivity contribution in [1.29, 1.82) is 0 Å². The van der Waals surface area contributed by atoms with Gasteiger partial charge in [0.15, 0.2) is 5.79 Å². The van der Waals surface area contributed by atoms with Gasteiger partial charge in [0.05, 0.1) is 20.3 Å². The molecule has 1 saturated heterocycles. The van der Waals surface area contributed by atoms with Crippen molar-refractivity contribution in [3.05, 3.63) is 0 Å². The van der Waals surface area contributed by atoms with E-state index in [1.54, 1.807) is 0 Å². The highest BCUT2D eigenvalue weighted by Crippen LogP contribution is 2.29. The van der Waals surface area contributed by atoms with Gasteiger partial charge >= 0.3 is 5.97 Å². The largest absolute Gasteiger partial charge is 0.469 e. The molecular weight excluding hydrogens is 220 g/mol. The number of carbonyl (C=O) groups is 1. The fourth-order valence-electron chi connectivity index (χ4n) is 2.14. The van der Waals surface area contributed by atoms with Crippen LogP contribution in [0.25, 0.3) is 0 Å². The summed E-state index contributed by atoms with van der Waals surface area (Å²) < 4.78 is 15.9. The number of hydrogen-bond donors (Lipinski definition) is 0. The lowest BCUT2D eigenvalue weighted by atomic mass is 10.0. The van der Waals surface area contributed by atoms with Crippen LogP contribution < -0.4 is 0 Å². The summed E-state index contributed by atoms with van der Waals surface area (Å²) in [6, 6.07) is 0. The van der Waals surface area contributed by atoms with E-state index in [0.717, 1.165) is 51.7 Å². The summed E-state index contributed by atoms with van der Waals surface area (Å²) in [7, 11) is 1.43. The van der Waals surface area contributed by atoms with E-state index in [1.807, 2.05) is 0 Å². The van der Waals surface area contributed by atoms with Gasteiger partial charge in [0.1, 0.15) is 0 Å². The molecule has 0 spiro atoms. The van der Waals surface area contributed by atoms with E-state index in [2.05, 4.69) is 11.7 Å². The van der Waals surface area contributed by atoms with Crippen LogP contribution in [0, 0.1) is 0 Å². The van der Waals surface area contributed by atoms with E-state index >= 15 is 0 Å². The fourth-order valence-corrected chi connectivity index (χ4v) is 2.14. The van der Waals surface area contributed by atoms with Crippen LogP contribution in [0.3, 0.4) is 0 Å². The zero-order valence-corrected chi connectivity index (χ0v) is 11.0. The Bertz CT molecular complexity index is 221. The van der Waals surface area contributed by atoms with Crippen molar-refractivity contribution in [2.24, 2.45) is 0 Å². The highest BCUT2D eigenvalue weighted by atomic mass is 16.7. The van der Waals surface area contributed by atoms with E-state index in [-0.39, 0.29) is 11.8 Å². The molecule has 1 aliphatic rings. The molecule has 0 aromatic carbocycles. The van der Waals surface area contributed by atoms with Gasteiger partial charge in [-0.2, -0.15) is 0 Å². The summed E-state index contributed by atoms with van der Waals surface area (Å²) in [5.41, 5.74) is 0. The Morgan fingerprint density at radius 2 is 1.82 bits per heavy atom. The molecule has 0 saturated carbocycles. The highest BCUT2D eigenvalue weighted by molar-refractivity contribution is 5.68. The van der Waals surface area contributed by atoms with E-state index < -0.39 is 0 Å². The fraction of sp³-hybridized carbons (Fsp3) is 0.923. The second-order valence-corrected chi connectivity index (χ2v) is 4.45. The third-order valence-electron chi connectivity index (χ3n) is 3.27. The molecule has 0 aromatic heterocycles. The van der Waals surface area contributed by atoms with Crippen molar-refractivity contribution in [2.75, 3.05) is 20.3 Å². The zero-order valence-electron chi connectivity index (χ0n) is 11.0. The molecule has 0 amide bonds. The second kappa shape index (κ2) is 7.67. The molecule has 0 aromatic rings. The number of carbonyl (C=O) groups excluding carboxylic acids is 1. The SMILES string of the molecule is CCC1(CCCCCCC(=O)OC)OCCO1. The summed E-state index contributed by atoms with van der Waals surface area (Å²) in [5.74, 6) is -0.431. The first-order chi connectivity index (χ1) is 8.22. The second-order valence-electron chi connectivity index (χ2n) is 4.45. The van der Waals surface area contributed by atoms with E-state index in [4.69, 9.17) is 9.47 Å². The van der Waals surface area contributed by atoms with Crippen molar-refractivity contribution in [2.45, 2.75) is 57.7 Å². The first kappa shape index (κ1) is 14.5. The Balaban J connectivity index is 2.01. The maximum absolute atomic E-state index is 10.9. The monoisotopic (exact) mass is 244 g/mol. The van der Waals surface area contributed by atoms with Crippen molar-refractivity contribution < 1.29 is 19.0 Å². The Morgan fingerprint density at radius 3 is 2.41 bits per heavy atom. The van der Waals surface area contributed by atoms with Gasteiger partial charge in [-0.25, -0.2) is 0 Å². The molecular formula is C13H24O4. The van der Waals surface area contributed by atoms with Gasteiger partial charge in [-0.1, -0.05) is 19.8 Å². The molecule has 0 aliphatic carbocycles. The van der Waals surface area contributed by atoms with Crippen LogP contribution in [-0.2, 0) is 19.0 Å². The Hall–Kier alpha value is -0.610. The average molecular weight is 244 g/mol. The molecule has 0 bridgehead atoms. The van der Waals surface area contributed by atoms with E-state index in [9.17, 15) is 4.79 Å². The minimum absolute atomic E-state index is 0.113. The molecule has 4 heteroatoms. The first-order valence-corrected chi connectivity index (χ1v) is 6.57. The molecule has 1 rings (SSSR count). The normalized spacial score (nSPS) is 18.2. The smallest absolute Gasteiger partial charge is 0.305 e. The first-order valence-electron chi connectivity index (χ1n) is 6.57. The van der Waals surface area contributed by atoms with Crippen LogP contribution in [0.4, 0.5) is 0 Å². The van der Waals surface area contributed by atoms with Gasteiger partial charge in [-0.3, -0.25) is 4.79 Å². The van der Waals surface area contributed by atoms with Gasteiger partial charge in [0, 0.05) is 12.8 Å². The number of ether oxygens (including phenoxy) is 3. The third kappa shape index (κ3) is 5.04. The highest BCUT2D eigenvalue weighted by Gasteiger charge is 2.33. The summed E-state index contributed by atoms with van der Waals surface area (Å²) in [4.78, 5) is 10.9. The molecule has 1 aliphatic heterocycles. The Kier molecular flexibility index (Phi) is 6.52. The van der Waals surface area contributed by atoms with Gasteiger partial charge < -0.3 is 14.2 Å². The van der Waals surface area contributed by atoms with Crippen molar-refractivity contribution in [1.82, 2.24) is 0 Å². The van der Waals surface area contributed by atoms with Crippen LogP contribution in [0.15, 0.2) is 0 Å². The van der Waals surface area contributed by atoms with Crippen LogP contribution in [-0.4, -0.2) is 32.1 Å². The molecule has 100 valence electrons. The summed E-state index contributed by atoms with van der Waals surface area (Å²) in [6.07, 6.45) is 6.59. The lowest BCUT2D eigenvalue weighted by Crippen LogP contribution is -2.28. The number of methoxy groups -OCH3 is 1. The molecule has 4 nitrogen and oxygen atoms in total. The number of unbranched alkanes of at least 4 members (excludes halogenated alkanes) is 3. The number of rotatable bonds is 8. The van der Waals surface area contributed by atoms with Gasteiger partial charge in [-0.05, 0) is 19.3 Å². The molecule has 0 atom stereocenters. The topological polar surface area (TPSA) is 44.8 Å². The quantitative estimate of drug-likeness (QED) is 0.486. The lowest BCUT2D eigenvalue weighted by Gasteiger charge is -2.25. The standard InChI is InChI=1S/C13H24O4/c1-3-13(16-10-11-17-13)9-7-5-4-6-8-12(14)15-2/h3-11H2,1-2H3. The minimum Gasteiger partial charge on any atom is -0.469 e. The van der Waals surface area contributed by atoms with Gasteiger partial charge in [0.2, 0.25) is 0 Å². The Morgan fingerprint density at radius 1 is 1.18 bits per heavy atom. The lowest BCUT2D eigenvalue weighted by molar-refractivity contribution is -0.164. The van der Waals surface area contributed by atoms with Crippen molar-refractivity contribution in [3.63, 3.8) is 0 Å². The molecule has 0 radical (unpaired) electrons. The predicted octanol–water partition coefficient (Wildman–Crippen LogP) is 2.65. The number of esters is 1. The molecule has 17 heavy (non-hydrogen) atoms. The van der Waals surface area contributed by atoms with E-state index in [1.165, 1.54) is 7.11 Å². The van der Waals surface area contributed by atoms with Crippen molar-refractivity contribution in [3.8, 4) is 0 Å². The molecule has 0 N–H and O–H groups in total. The van der Waals surface area contributed by atoms with Crippen LogP contribution in [0.5, 0.6) is 0 Å². The van der Waals surface area contributed by atoms with Gasteiger partial charge in [-0.15, -0.1) is 0 Å². The van der Waals surface area contributed by atoms with E-state index in [0.29, 0.717) is 6.42 Å². The van der Waals surface area contributed by atoms with Crippen LogP contribution in [0.1, 0.15) is 51.9 Å². The van der Waals surface area contributed by atoms with Crippen LogP contribution in [0.2, 0.25) is 0 Å². The third-order valence-corrected chi connectivity index (χ3v) is 3.27. The van der Waals surface area contributed by atoms with Crippen molar-refractivity contribution >= 4 is 5.97 Å². The van der Waals surface area contributed by atoms with Gasteiger partial charge in [0.25, 0.3) is 0 Å². The zero-order chi connectivity index (χ0) is 12.6. The minimum atomic E-state index is -0.317. The summed E-state index contributed by atoms with van der Waals surface area (Å²) in [5, 5.41) is 0. The molecule has 1 heterocycles. The maximum atomic E-state index is 10.9. The number of hydrogen-bond acceptors (Lipinski definition) is 4.